The summed E-state index contributed by atoms with van der Waals surface area (Å²) in [6.45, 7) is 0.391. The molecule has 0 spiro atoms. The molecule has 1 aromatic carbocycles. The molecule has 0 saturated carbocycles. The number of halogens is 4. The Kier molecular flexibility index (Phi) is 4.65. The standard InChI is InChI=1S/C14H12BrF3N2/c15-11-8-12(14(16,17)18)13(20-9-11)19-7-6-10-4-2-1-3-5-10/h1-5,8-9H,6-7H2,(H,19,20). The number of aromatic nitrogens is 1. The maximum Gasteiger partial charge on any atom is 0.419 e. The van der Waals surface area contributed by atoms with E-state index in [4.69, 9.17) is 0 Å². The van der Waals surface area contributed by atoms with Gasteiger partial charge in [-0.1, -0.05) is 30.3 Å². The molecule has 0 aliphatic carbocycles. The lowest BCUT2D eigenvalue weighted by Gasteiger charge is -2.13. The van der Waals surface area contributed by atoms with Gasteiger partial charge in [-0.05, 0) is 34.0 Å². The van der Waals surface area contributed by atoms with Crippen LogP contribution >= 0.6 is 15.9 Å². The molecule has 1 aromatic heterocycles. The number of alkyl halides is 3. The molecule has 1 heterocycles. The smallest absolute Gasteiger partial charge is 0.369 e. The first-order valence-corrected chi connectivity index (χ1v) is 6.76. The second-order valence-corrected chi connectivity index (χ2v) is 5.13. The molecule has 106 valence electrons. The van der Waals surface area contributed by atoms with Crippen molar-refractivity contribution in [3.05, 3.63) is 58.2 Å². The zero-order valence-corrected chi connectivity index (χ0v) is 12.0. The van der Waals surface area contributed by atoms with E-state index in [-0.39, 0.29) is 5.82 Å². The summed E-state index contributed by atoms with van der Waals surface area (Å²) in [5.74, 6) is -0.142. The van der Waals surface area contributed by atoms with Crippen LogP contribution in [0.4, 0.5) is 19.0 Å². The van der Waals surface area contributed by atoms with Crippen LogP contribution in [0.1, 0.15) is 11.1 Å². The molecule has 0 amide bonds. The highest BCUT2D eigenvalue weighted by Crippen LogP contribution is 2.35. The van der Waals surface area contributed by atoms with Crippen molar-refractivity contribution >= 4 is 21.7 Å². The monoisotopic (exact) mass is 344 g/mol. The van der Waals surface area contributed by atoms with E-state index < -0.39 is 11.7 Å². The van der Waals surface area contributed by atoms with Gasteiger partial charge in [0.15, 0.2) is 0 Å². The van der Waals surface area contributed by atoms with E-state index in [1.807, 2.05) is 30.3 Å². The first-order valence-electron chi connectivity index (χ1n) is 5.97. The quantitative estimate of drug-likeness (QED) is 0.882. The zero-order valence-electron chi connectivity index (χ0n) is 10.4. The van der Waals surface area contributed by atoms with E-state index >= 15 is 0 Å². The summed E-state index contributed by atoms with van der Waals surface area (Å²) in [5.41, 5.74) is 0.297. The molecule has 0 unspecified atom stereocenters. The maximum atomic E-state index is 12.9. The molecule has 0 bridgehead atoms. The zero-order chi connectivity index (χ0) is 14.6. The van der Waals surface area contributed by atoms with Crippen LogP contribution in [0.2, 0.25) is 0 Å². The molecule has 0 radical (unpaired) electrons. The highest BCUT2D eigenvalue weighted by molar-refractivity contribution is 9.10. The third-order valence-corrected chi connectivity index (χ3v) is 3.14. The Balaban J connectivity index is 2.06. The van der Waals surface area contributed by atoms with Gasteiger partial charge in [-0.3, -0.25) is 0 Å². The number of hydrogen-bond acceptors (Lipinski definition) is 2. The first-order chi connectivity index (χ1) is 9.47. The van der Waals surface area contributed by atoms with Gasteiger partial charge in [-0.25, -0.2) is 4.98 Å². The Morgan fingerprint density at radius 2 is 1.85 bits per heavy atom. The van der Waals surface area contributed by atoms with Gasteiger partial charge in [0.2, 0.25) is 0 Å². The fourth-order valence-corrected chi connectivity index (χ4v) is 2.10. The van der Waals surface area contributed by atoms with Gasteiger partial charge in [0.1, 0.15) is 5.82 Å². The molecule has 0 saturated heterocycles. The Bertz CT molecular complexity index is 570. The van der Waals surface area contributed by atoms with Gasteiger partial charge < -0.3 is 5.32 Å². The molecular formula is C14H12BrF3N2. The molecule has 6 heteroatoms. The van der Waals surface area contributed by atoms with Crippen LogP contribution in [0.15, 0.2) is 47.1 Å². The third kappa shape index (κ3) is 3.96. The Labute approximate surface area is 123 Å². The summed E-state index contributed by atoms with van der Waals surface area (Å²) >= 11 is 3.00. The Hall–Kier alpha value is -1.56. The van der Waals surface area contributed by atoms with E-state index in [0.717, 1.165) is 11.6 Å². The van der Waals surface area contributed by atoms with Crippen LogP contribution in [0.25, 0.3) is 0 Å². The average molecular weight is 345 g/mol. The fraction of sp³-hybridized carbons (Fsp3) is 0.214. The van der Waals surface area contributed by atoms with E-state index in [0.29, 0.717) is 17.4 Å². The van der Waals surface area contributed by atoms with Crippen molar-refractivity contribution in [2.75, 3.05) is 11.9 Å². The number of hydrogen-bond donors (Lipinski definition) is 1. The van der Waals surface area contributed by atoms with Crippen LogP contribution in [-0.2, 0) is 12.6 Å². The molecule has 0 aliphatic rings. The molecule has 0 fully saturated rings. The number of nitrogens with one attached hydrogen (secondary N) is 1. The van der Waals surface area contributed by atoms with Crippen LogP contribution in [0, 0.1) is 0 Å². The van der Waals surface area contributed by atoms with Gasteiger partial charge in [-0.2, -0.15) is 13.2 Å². The van der Waals surface area contributed by atoms with Crippen molar-refractivity contribution in [2.45, 2.75) is 12.6 Å². The summed E-state index contributed by atoms with van der Waals surface area (Å²) in [6, 6.07) is 10.6. The molecule has 20 heavy (non-hydrogen) atoms. The van der Waals surface area contributed by atoms with E-state index in [9.17, 15) is 13.2 Å². The molecule has 2 aromatic rings. The minimum atomic E-state index is -4.42. The van der Waals surface area contributed by atoms with Crippen LogP contribution in [0.3, 0.4) is 0 Å². The summed E-state index contributed by atoms with van der Waals surface area (Å²) in [6.07, 6.45) is -2.44. The van der Waals surface area contributed by atoms with Gasteiger partial charge in [0.05, 0.1) is 5.56 Å². The van der Waals surface area contributed by atoms with Crippen molar-refractivity contribution in [3.63, 3.8) is 0 Å². The molecular weight excluding hydrogens is 333 g/mol. The van der Waals surface area contributed by atoms with Crippen LogP contribution in [-0.4, -0.2) is 11.5 Å². The van der Waals surface area contributed by atoms with Crippen molar-refractivity contribution in [1.29, 1.82) is 0 Å². The predicted molar refractivity (Wildman–Crippen MR) is 75.6 cm³/mol. The second kappa shape index (κ2) is 6.26. The topological polar surface area (TPSA) is 24.9 Å². The fourth-order valence-electron chi connectivity index (χ4n) is 1.77. The Morgan fingerprint density at radius 3 is 2.50 bits per heavy atom. The average Bonchev–Trinajstić information content (AvgIpc) is 2.40. The largest absolute Gasteiger partial charge is 0.419 e. The minimum absolute atomic E-state index is 0.142. The SMILES string of the molecule is FC(F)(F)c1cc(Br)cnc1NCCc1ccccc1. The molecule has 2 nitrogen and oxygen atoms in total. The van der Waals surface area contributed by atoms with Gasteiger partial charge in [0, 0.05) is 17.2 Å². The van der Waals surface area contributed by atoms with E-state index in [1.54, 1.807) is 0 Å². The highest BCUT2D eigenvalue weighted by atomic mass is 79.9. The summed E-state index contributed by atoms with van der Waals surface area (Å²) in [5, 5.41) is 2.74. The normalized spacial score (nSPS) is 11.4. The molecule has 0 aliphatic heterocycles. The van der Waals surface area contributed by atoms with Gasteiger partial charge >= 0.3 is 6.18 Å². The molecule has 2 rings (SSSR count). The Morgan fingerprint density at radius 1 is 1.15 bits per heavy atom. The van der Waals surface area contributed by atoms with Crippen molar-refractivity contribution in [3.8, 4) is 0 Å². The second-order valence-electron chi connectivity index (χ2n) is 4.21. The number of pyridine rings is 1. The summed E-state index contributed by atoms with van der Waals surface area (Å²) in [4.78, 5) is 3.80. The molecule has 0 atom stereocenters. The number of anilines is 1. The molecule has 1 N–H and O–H groups in total. The van der Waals surface area contributed by atoms with Gasteiger partial charge in [-0.15, -0.1) is 0 Å². The van der Waals surface area contributed by atoms with Crippen LogP contribution < -0.4 is 5.32 Å². The van der Waals surface area contributed by atoms with E-state index in [1.165, 1.54) is 6.20 Å². The number of nitrogens with zero attached hydrogens (tertiary/aromatic N) is 1. The van der Waals surface area contributed by atoms with Crippen molar-refractivity contribution in [2.24, 2.45) is 0 Å². The maximum absolute atomic E-state index is 12.9. The minimum Gasteiger partial charge on any atom is -0.369 e. The lowest BCUT2D eigenvalue weighted by molar-refractivity contribution is -0.137. The number of rotatable bonds is 4. The van der Waals surface area contributed by atoms with Gasteiger partial charge in [0.25, 0.3) is 0 Å². The van der Waals surface area contributed by atoms with Crippen LogP contribution in [0.5, 0.6) is 0 Å². The summed E-state index contributed by atoms with van der Waals surface area (Å²) < 4.78 is 38.9. The lowest BCUT2D eigenvalue weighted by atomic mass is 10.1. The van der Waals surface area contributed by atoms with E-state index in [2.05, 4.69) is 26.2 Å². The lowest BCUT2D eigenvalue weighted by Crippen LogP contribution is -2.14. The first kappa shape index (κ1) is 14.8. The summed E-state index contributed by atoms with van der Waals surface area (Å²) in [7, 11) is 0. The van der Waals surface area contributed by atoms with Crippen molar-refractivity contribution in [1.82, 2.24) is 4.98 Å². The highest BCUT2D eigenvalue weighted by Gasteiger charge is 2.34. The number of benzene rings is 1. The predicted octanol–water partition coefficient (Wildman–Crippen LogP) is 4.52. The van der Waals surface area contributed by atoms with Crippen molar-refractivity contribution < 1.29 is 13.2 Å². The third-order valence-electron chi connectivity index (χ3n) is 2.71.